The van der Waals surface area contributed by atoms with Crippen molar-refractivity contribution < 1.29 is 39.7 Å². The van der Waals surface area contributed by atoms with Crippen LogP contribution in [0.1, 0.15) is 26.4 Å². The van der Waals surface area contributed by atoms with Gasteiger partial charge in [-0.05, 0) is 30.0 Å². The summed E-state index contributed by atoms with van der Waals surface area (Å²) in [6.07, 6.45) is 1.76. The predicted octanol–water partition coefficient (Wildman–Crippen LogP) is -0.491. The van der Waals surface area contributed by atoms with Crippen LogP contribution in [0.2, 0.25) is 0 Å². The second-order valence-electron chi connectivity index (χ2n) is 2.90. The molecule has 0 radical (unpaired) electrons. The van der Waals surface area contributed by atoms with Crippen molar-refractivity contribution in [3.05, 3.63) is 29.3 Å². The first kappa shape index (κ1) is 14.3. The van der Waals surface area contributed by atoms with Gasteiger partial charge in [0.1, 0.15) is 0 Å². The Kier molecular flexibility index (Phi) is 6.91. The molecule has 0 saturated heterocycles. The van der Waals surface area contributed by atoms with Crippen molar-refractivity contribution in [2.24, 2.45) is 0 Å². The zero-order valence-electron chi connectivity index (χ0n) is 9.91. The Morgan fingerprint density at radius 3 is 2.43 bits per heavy atom. The van der Waals surface area contributed by atoms with Gasteiger partial charge in [-0.25, -0.2) is 4.21 Å². The maximum absolute atomic E-state index is 10.9. The summed E-state index contributed by atoms with van der Waals surface area (Å²) < 4.78 is 19.9. The summed E-state index contributed by atoms with van der Waals surface area (Å²) >= 11 is -1.85. The fourth-order valence-electron chi connectivity index (χ4n) is 1.30. The number of benzene rings is 1. The Bertz CT molecular complexity index is 331. The van der Waals surface area contributed by atoms with E-state index < -0.39 is 11.1 Å². The van der Waals surface area contributed by atoms with Gasteiger partial charge in [0.15, 0.2) is 11.1 Å². The molecule has 1 unspecified atom stereocenters. The molecule has 0 saturated carbocycles. The number of aryl methyl sites for hydroxylation is 2. The van der Waals surface area contributed by atoms with E-state index in [9.17, 15) is 4.21 Å². The summed E-state index contributed by atoms with van der Waals surface area (Å²) in [5.74, 6) is 0. The molecule has 14 heavy (non-hydrogen) atoms. The van der Waals surface area contributed by atoms with Gasteiger partial charge in [-0.3, -0.25) is 0 Å². The third-order valence-corrected chi connectivity index (χ3v) is 2.88. The van der Waals surface area contributed by atoms with Gasteiger partial charge in [-0.2, -0.15) is 0 Å². The van der Waals surface area contributed by atoms with Gasteiger partial charge in [0.2, 0.25) is 0 Å². The molecule has 0 aliphatic heterocycles. The molecule has 0 fully saturated rings. The molecule has 1 atom stereocenters. The Morgan fingerprint density at radius 2 is 2.00 bits per heavy atom. The SMILES string of the molecule is CCc1ccc(S(=O)O)c(CC)c1.[H-].[Na+]. The summed E-state index contributed by atoms with van der Waals surface area (Å²) in [5, 5.41) is 0. The maximum atomic E-state index is 10.9. The van der Waals surface area contributed by atoms with Crippen LogP contribution in [-0.4, -0.2) is 8.76 Å². The van der Waals surface area contributed by atoms with Crippen LogP contribution >= 0.6 is 0 Å². The van der Waals surface area contributed by atoms with Crippen molar-refractivity contribution in [1.82, 2.24) is 0 Å². The van der Waals surface area contributed by atoms with E-state index >= 15 is 0 Å². The zero-order valence-corrected chi connectivity index (χ0v) is 11.7. The summed E-state index contributed by atoms with van der Waals surface area (Å²) in [6.45, 7) is 4.06. The maximum Gasteiger partial charge on any atom is 1.00 e. The summed E-state index contributed by atoms with van der Waals surface area (Å²) in [5.41, 5.74) is 2.19. The van der Waals surface area contributed by atoms with Gasteiger partial charge < -0.3 is 5.98 Å². The van der Waals surface area contributed by atoms with Crippen LogP contribution < -0.4 is 29.6 Å². The fourth-order valence-corrected chi connectivity index (χ4v) is 1.91. The van der Waals surface area contributed by atoms with E-state index in [0.717, 1.165) is 18.4 Å². The van der Waals surface area contributed by atoms with Crippen molar-refractivity contribution in [1.29, 1.82) is 0 Å². The molecule has 0 amide bonds. The average Bonchev–Trinajstić information content (AvgIpc) is 2.16. The normalized spacial score (nSPS) is 11.9. The van der Waals surface area contributed by atoms with E-state index in [4.69, 9.17) is 4.55 Å². The molecule has 0 aliphatic rings. The molecule has 0 aliphatic carbocycles. The van der Waals surface area contributed by atoms with Gasteiger partial charge >= 0.3 is 29.6 Å². The zero-order chi connectivity index (χ0) is 9.84. The summed E-state index contributed by atoms with van der Waals surface area (Å²) in [7, 11) is 0. The quantitative estimate of drug-likeness (QED) is 0.553. The van der Waals surface area contributed by atoms with Crippen molar-refractivity contribution in [3.8, 4) is 0 Å². The predicted molar refractivity (Wildman–Crippen MR) is 55.3 cm³/mol. The van der Waals surface area contributed by atoms with Crippen LogP contribution in [-0.2, 0) is 23.9 Å². The molecule has 1 rings (SSSR count). The van der Waals surface area contributed by atoms with Crippen LogP contribution in [0.4, 0.5) is 0 Å². The third kappa shape index (κ3) is 3.48. The van der Waals surface area contributed by atoms with Crippen LogP contribution in [0, 0.1) is 0 Å². The van der Waals surface area contributed by atoms with E-state index in [0.29, 0.717) is 4.90 Å². The smallest absolute Gasteiger partial charge is 1.00 e. The molecule has 1 N–H and O–H groups in total. The van der Waals surface area contributed by atoms with Crippen LogP contribution in [0.3, 0.4) is 0 Å². The monoisotopic (exact) mass is 222 g/mol. The fraction of sp³-hybridized carbons (Fsp3) is 0.400. The van der Waals surface area contributed by atoms with E-state index in [-0.39, 0.29) is 31.0 Å². The van der Waals surface area contributed by atoms with E-state index in [1.807, 2.05) is 19.1 Å². The molecule has 2 nitrogen and oxygen atoms in total. The largest absolute Gasteiger partial charge is 1.00 e. The van der Waals surface area contributed by atoms with Gasteiger partial charge in [-0.1, -0.05) is 26.0 Å². The Hall–Kier alpha value is 0.330. The first-order valence-electron chi connectivity index (χ1n) is 4.41. The van der Waals surface area contributed by atoms with Crippen LogP contribution in [0.15, 0.2) is 23.1 Å². The number of rotatable bonds is 3. The van der Waals surface area contributed by atoms with Crippen molar-refractivity contribution in [2.45, 2.75) is 31.6 Å². The average molecular weight is 222 g/mol. The molecule has 0 aromatic heterocycles. The minimum atomic E-state index is -1.85. The van der Waals surface area contributed by atoms with Gasteiger partial charge in [0.25, 0.3) is 0 Å². The minimum Gasteiger partial charge on any atom is -1.00 e. The standard InChI is InChI=1S/C10H14O2S.Na.H/c1-3-8-5-6-10(13(11)12)9(4-2)7-8;;/h5-7H,3-4H2,1-2H3,(H,11,12);;/q;+1;-1. The third-order valence-electron chi connectivity index (χ3n) is 2.10. The molecular formula is C10H15NaO2S. The molecule has 1 aromatic carbocycles. The van der Waals surface area contributed by atoms with Gasteiger partial charge in [0, 0.05) is 0 Å². The van der Waals surface area contributed by atoms with Crippen molar-refractivity contribution in [2.75, 3.05) is 0 Å². The molecule has 4 heteroatoms. The molecule has 0 heterocycles. The second-order valence-corrected chi connectivity index (χ2v) is 3.84. The summed E-state index contributed by atoms with van der Waals surface area (Å²) in [6, 6.07) is 5.65. The molecule has 74 valence electrons. The molecular weight excluding hydrogens is 207 g/mol. The van der Waals surface area contributed by atoms with Gasteiger partial charge in [-0.15, -0.1) is 0 Å². The Balaban J connectivity index is 0. The minimum absolute atomic E-state index is 0. The van der Waals surface area contributed by atoms with E-state index in [2.05, 4.69) is 6.92 Å². The topological polar surface area (TPSA) is 37.3 Å². The van der Waals surface area contributed by atoms with Crippen molar-refractivity contribution >= 4 is 11.1 Å². The second kappa shape index (κ2) is 6.75. The Morgan fingerprint density at radius 1 is 1.36 bits per heavy atom. The molecule has 1 aromatic rings. The molecule has 0 spiro atoms. The van der Waals surface area contributed by atoms with Crippen molar-refractivity contribution in [3.63, 3.8) is 0 Å². The summed E-state index contributed by atoms with van der Waals surface area (Å²) in [4.78, 5) is 0.541. The molecule has 0 bridgehead atoms. The van der Waals surface area contributed by atoms with Crippen LogP contribution in [0.5, 0.6) is 0 Å². The first-order chi connectivity index (χ1) is 6.19. The number of hydrogen-bond acceptors (Lipinski definition) is 1. The van der Waals surface area contributed by atoms with E-state index in [1.54, 1.807) is 6.07 Å². The van der Waals surface area contributed by atoms with E-state index in [1.165, 1.54) is 5.56 Å². The van der Waals surface area contributed by atoms with Gasteiger partial charge in [0.05, 0.1) is 4.90 Å². The Labute approximate surface area is 111 Å². The van der Waals surface area contributed by atoms with Crippen LogP contribution in [0.25, 0.3) is 0 Å². The number of hydrogen-bond donors (Lipinski definition) is 1. The first-order valence-corrected chi connectivity index (χ1v) is 5.52.